The maximum Gasteiger partial charge on any atom is 0.242 e. The lowest BCUT2D eigenvalue weighted by Crippen LogP contribution is -2.37. The second-order valence-electron chi connectivity index (χ2n) is 3.38. The summed E-state index contributed by atoms with van der Waals surface area (Å²) >= 11 is 9.36. The second kappa shape index (κ2) is 6.11. The highest BCUT2D eigenvalue weighted by Crippen LogP contribution is 2.26. The summed E-state index contributed by atoms with van der Waals surface area (Å²) < 4.78 is 0.919. The summed E-state index contributed by atoms with van der Waals surface area (Å²) in [5.74, 6) is -0.0430. The predicted molar refractivity (Wildman–Crippen MR) is 70.9 cm³/mol. The summed E-state index contributed by atoms with van der Waals surface area (Å²) in [5.41, 5.74) is 0.745. The molecular weight excluding hydrogens is 291 g/mol. The van der Waals surface area contributed by atoms with E-state index < -0.39 is 0 Å². The van der Waals surface area contributed by atoms with E-state index in [9.17, 15) is 4.79 Å². The number of hydrogen-bond acceptors (Lipinski definition) is 2. The molecule has 1 amide bonds. The first-order valence-electron chi connectivity index (χ1n) is 5.04. The van der Waals surface area contributed by atoms with Crippen molar-refractivity contribution in [3.8, 4) is 0 Å². The molecule has 0 saturated heterocycles. The number of rotatable bonds is 4. The molecule has 0 bridgehead atoms. The van der Waals surface area contributed by atoms with Crippen LogP contribution in [0.25, 0.3) is 0 Å². The van der Waals surface area contributed by atoms with Gasteiger partial charge in [-0.25, -0.2) is 0 Å². The highest BCUT2D eigenvalue weighted by Gasteiger charge is 2.12. The Morgan fingerprint density at radius 2 is 2.25 bits per heavy atom. The minimum atomic E-state index is -0.313. The van der Waals surface area contributed by atoms with Crippen LogP contribution in [-0.4, -0.2) is 18.5 Å². The number of benzene rings is 1. The van der Waals surface area contributed by atoms with Crippen LogP contribution in [0.2, 0.25) is 5.02 Å². The van der Waals surface area contributed by atoms with Crippen molar-refractivity contribution in [3.05, 3.63) is 27.7 Å². The van der Waals surface area contributed by atoms with Gasteiger partial charge < -0.3 is 10.6 Å². The zero-order valence-electron chi connectivity index (χ0n) is 9.18. The SMILES string of the molecule is CCNC(=O)C(C)Nc1cc(Br)ccc1Cl. The van der Waals surface area contributed by atoms with Gasteiger partial charge in [0.25, 0.3) is 0 Å². The number of likely N-dealkylation sites (N-methyl/N-ethyl adjacent to an activating group) is 1. The van der Waals surface area contributed by atoms with Gasteiger partial charge in [-0.2, -0.15) is 0 Å². The number of anilines is 1. The monoisotopic (exact) mass is 304 g/mol. The zero-order valence-corrected chi connectivity index (χ0v) is 11.5. The molecule has 0 radical (unpaired) electrons. The standard InChI is InChI=1S/C11H14BrClN2O/c1-3-14-11(16)7(2)15-10-6-8(12)4-5-9(10)13/h4-7,15H,3H2,1-2H3,(H,14,16). The second-order valence-corrected chi connectivity index (χ2v) is 4.71. The molecule has 1 aromatic carbocycles. The van der Waals surface area contributed by atoms with Gasteiger partial charge >= 0.3 is 0 Å². The summed E-state index contributed by atoms with van der Waals surface area (Å²) in [4.78, 5) is 11.5. The van der Waals surface area contributed by atoms with E-state index >= 15 is 0 Å². The molecule has 1 aromatic rings. The fraction of sp³-hybridized carbons (Fsp3) is 0.364. The molecule has 1 rings (SSSR count). The van der Waals surface area contributed by atoms with Gasteiger partial charge in [-0.3, -0.25) is 4.79 Å². The predicted octanol–water partition coefficient (Wildman–Crippen LogP) is 3.04. The fourth-order valence-corrected chi connectivity index (χ4v) is 1.77. The molecule has 0 aliphatic carbocycles. The van der Waals surface area contributed by atoms with E-state index in [2.05, 4.69) is 26.6 Å². The Kier molecular flexibility index (Phi) is 5.09. The Morgan fingerprint density at radius 3 is 2.88 bits per heavy atom. The van der Waals surface area contributed by atoms with Crippen molar-refractivity contribution in [2.45, 2.75) is 19.9 Å². The number of nitrogens with one attached hydrogen (secondary N) is 2. The van der Waals surface area contributed by atoms with Gasteiger partial charge in [-0.15, -0.1) is 0 Å². The summed E-state index contributed by atoms with van der Waals surface area (Å²) in [7, 11) is 0. The van der Waals surface area contributed by atoms with Crippen LogP contribution in [0.15, 0.2) is 22.7 Å². The topological polar surface area (TPSA) is 41.1 Å². The molecule has 0 spiro atoms. The van der Waals surface area contributed by atoms with E-state index in [1.807, 2.05) is 19.1 Å². The highest BCUT2D eigenvalue weighted by molar-refractivity contribution is 9.10. The first-order valence-corrected chi connectivity index (χ1v) is 6.21. The van der Waals surface area contributed by atoms with Crippen molar-refractivity contribution in [2.24, 2.45) is 0 Å². The summed E-state index contributed by atoms with van der Waals surface area (Å²) in [6.07, 6.45) is 0. The average molecular weight is 306 g/mol. The van der Waals surface area contributed by atoms with Gasteiger partial charge in [-0.05, 0) is 32.0 Å². The molecule has 0 aromatic heterocycles. The largest absolute Gasteiger partial charge is 0.373 e. The smallest absolute Gasteiger partial charge is 0.242 e. The summed E-state index contributed by atoms with van der Waals surface area (Å²) in [5, 5.41) is 6.40. The number of amides is 1. The Morgan fingerprint density at radius 1 is 1.56 bits per heavy atom. The molecule has 0 fully saturated rings. The molecule has 2 N–H and O–H groups in total. The summed E-state index contributed by atoms with van der Waals surface area (Å²) in [6, 6.07) is 5.16. The molecule has 1 atom stereocenters. The van der Waals surface area contributed by atoms with Gasteiger partial charge in [0.05, 0.1) is 10.7 Å². The number of hydrogen-bond donors (Lipinski definition) is 2. The molecule has 0 saturated carbocycles. The van der Waals surface area contributed by atoms with Crippen LogP contribution in [0.4, 0.5) is 5.69 Å². The van der Waals surface area contributed by atoms with Crippen LogP contribution in [0.3, 0.4) is 0 Å². The zero-order chi connectivity index (χ0) is 12.1. The minimum absolute atomic E-state index is 0.0430. The van der Waals surface area contributed by atoms with Crippen molar-refractivity contribution < 1.29 is 4.79 Å². The van der Waals surface area contributed by atoms with Crippen molar-refractivity contribution >= 4 is 39.1 Å². The van der Waals surface area contributed by atoms with Crippen LogP contribution in [0, 0.1) is 0 Å². The Labute approximate surface area is 109 Å². The van der Waals surface area contributed by atoms with E-state index in [1.165, 1.54) is 0 Å². The Balaban J connectivity index is 2.72. The molecule has 0 aliphatic rings. The van der Waals surface area contributed by atoms with Crippen molar-refractivity contribution in [3.63, 3.8) is 0 Å². The normalized spacial score (nSPS) is 12.0. The van der Waals surface area contributed by atoms with Gasteiger partial charge in [-0.1, -0.05) is 27.5 Å². The molecular formula is C11H14BrClN2O. The average Bonchev–Trinajstić information content (AvgIpc) is 2.23. The minimum Gasteiger partial charge on any atom is -0.373 e. The Bertz CT molecular complexity index is 384. The highest BCUT2D eigenvalue weighted by atomic mass is 79.9. The van der Waals surface area contributed by atoms with Crippen LogP contribution < -0.4 is 10.6 Å². The van der Waals surface area contributed by atoms with Gasteiger partial charge in [0, 0.05) is 11.0 Å². The van der Waals surface area contributed by atoms with Gasteiger partial charge in [0.15, 0.2) is 0 Å². The number of halogens is 2. The van der Waals surface area contributed by atoms with E-state index in [-0.39, 0.29) is 11.9 Å². The first-order chi connectivity index (χ1) is 7.54. The lowest BCUT2D eigenvalue weighted by atomic mass is 10.2. The maximum atomic E-state index is 11.5. The fourth-order valence-electron chi connectivity index (χ4n) is 1.23. The molecule has 0 heterocycles. The van der Waals surface area contributed by atoms with Crippen LogP contribution in [0.1, 0.15) is 13.8 Å². The van der Waals surface area contributed by atoms with Gasteiger partial charge in [0.1, 0.15) is 6.04 Å². The number of carbonyl (C=O) groups is 1. The Hall–Kier alpha value is -0.740. The van der Waals surface area contributed by atoms with E-state index in [0.717, 1.165) is 10.2 Å². The molecule has 3 nitrogen and oxygen atoms in total. The maximum absolute atomic E-state index is 11.5. The van der Waals surface area contributed by atoms with E-state index in [4.69, 9.17) is 11.6 Å². The molecule has 0 aliphatic heterocycles. The van der Waals surface area contributed by atoms with E-state index in [1.54, 1.807) is 13.0 Å². The third-order valence-electron chi connectivity index (χ3n) is 2.04. The van der Waals surface area contributed by atoms with Crippen molar-refractivity contribution in [1.29, 1.82) is 0 Å². The number of carbonyl (C=O) groups excluding carboxylic acids is 1. The lowest BCUT2D eigenvalue weighted by molar-refractivity contribution is -0.121. The lowest BCUT2D eigenvalue weighted by Gasteiger charge is -2.15. The van der Waals surface area contributed by atoms with Crippen molar-refractivity contribution in [1.82, 2.24) is 5.32 Å². The molecule has 5 heteroatoms. The molecule has 16 heavy (non-hydrogen) atoms. The quantitative estimate of drug-likeness (QED) is 0.898. The van der Waals surface area contributed by atoms with E-state index in [0.29, 0.717) is 11.6 Å². The van der Waals surface area contributed by atoms with Crippen LogP contribution in [0.5, 0.6) is 0 Å². The van der Waals surface area contributed by atoms with Crippen LogP contribution >= 0.6 is 27.5 Å². The van der Waals surface area contributed by atoms with Crippen molar-refractivity contribution in [2.75, 3.05) is 11.9 Å². The molecule has 88 valence electrons. The third kappa shape index (κ3) is 3.68. The summed E-state index contributed by atoms with van der Waals surface area (Å²) in [6.45, 7) is 4.30. The first kappa shape index (κ1) is 13.3. The van der Waals surface area contributed by atoms with Gasteiger partial charge in [0.2, 0.25) is 5.91 Å². The molecule has 1 unspecified atom stereocenters. The van der Waals surface area contributed by atoms with Crippen LogP contribution in [-0.2, 0) is 4.79 Å². The third-order valence-corrected chi connectivity index (χ3v) is 2.87.